The van der Waals surface area contributed by atoms with Crippen LogP contribution < -0.4 is 5.73 Å². The lowest BCUT2D eigenvalue weighted by atomic mass is 10.1. The van der Waals surface area contributed by atoms with Crippen LogP contribution >= 0.6 is 0 Å². The molecule has 2 saturated heterocycles. The van der Waals surface area contributed by atoms with Crippen molar-refractivity contribution in [1.82, 2.24) is 9.80 Å². The Morgan fingerprint density at radius 2 is 2.07 bits per heavy atom. The van der Waals surface area contributed by atoms with Gasteiger partial charge >= 0.3 is 0 Å². The van der Waals surface area contributed by atoms with Crippen molar-refractivity contribution in [3.63, 3.8) is 0 Å². The van der Waals surface area contributed by atoms with Gasteiger partial charge in [0, 0.05) is 25.7 Å². The van der Waals surface area contributed by atoms with Crippen LogP contribution in [0.3, 0.4) is 0 Å². The first-order valence-electron chi connectivity index (χ1n) is 5.39. The highest BCUT2D eigenvalue weighted by atomic mass is 16.2. The second kappa shape index (κ2) is 3.87. The molecule has 14 heavy (non-hydrogen) atoms. The Morgan fingerprint density at radius 3 is 2.57 bits per heavy atom. The van der Waals surface area contributed by atoms with Crippen molar-refractivity contribution < 1.29 is 4.79 Å². The van der Waals surface area contributed by atoms with Gasteiger partial charge in [-0.1, -0.05) is 0 Å². The van der Waals surface area contributed by atoms with E-state index >= 15 is 0 Å². The Labute approximate surface area is 85.0 Å². The number of hydrogen-bond donors (Lipinski definition) is 1. The molecule has 0 radical (unpaired) electrons. The third-order valence-electron chi connectivity index (χ3n) is 3.28. The number of carbonyl (C=O) groups excluding carboxylic acids is 1. The molecule has 0 aromatic heterocycles. The molecule has 0 saturated carbocycles. The largest absolute Gasteiger partial charge is 0.341 e. The predicted octanol–water partition coefficient (Wildman–Crippen LogP) is -0.502. The summed E-state index contributed by atoms with van der Waals surface area (Å²) in [6.45, 7) is 3.60. The topological polar surface area (TPSA) is 49.6 Å². The second-order valence-electron chi connectivity index (χ2n) is 4.58. The number of carbonyl (C=O) groups is 1. The van der Waals surface area contributed by atoms with Gasteiger partial charge in [0.2, 0.25) is 5.91 Å². The Morgan fingerprint density at radius 1 is 1.29 bits per heavy atom. The first-order chi connectivity index (χ1) is 6.66. The van der Waals surface area contributed by atoms with Crippen LogP contribution in [0.25, 0.3) is 0 Å². The van der Waals surface area contributed by atoms with Crippen LogP contribution in [0.5, 0.6) is 0 Å². The average molecular weight is 197 g/mol. The number of rotatable bonds is 1. The lowest BCUT2D eigenvalue weighted by Gasteiger charge is -2.20. The maximum Gasteiger partial charge on any atom is 0.227 e. The molecular weight excluding hydrogens is 178 g/mol. The van der Waals surface area contributed by atoms with E-state index in [-0.39, 0.29) is 12.0 Å². The van der Waals surface area contributed by atoms with E-state index in [0.29, 0.717) is 5.91 Å². The minimum atomic E-state index is 0.207. The number of amides is 1. The normalized spacial score (nSPS) is 34.0. The third kappa shape index (κ3) is 1.91. The van der Waals surface area contributed by atoms with Gasteiger partial charge in [-0.3, -0.25) is 4.79 Å². The molecule has 4 heteroatoms. The van der Waals surface area contributed by atoms with Gasteiger partial charge < -0.3 is 15.5 Å². The molecule has 2 atom stereocenters. The molecule has 2 rings (SSSR count). The third-order valence-corrected chi connectivity index (χ3v) is 3.28. The summed E-state index contributed by atoms with van der Waals surface area (Å²) in [4.78, 5) is 16.1. The minimum Gasteiger partial charge on any atom is -0.341 e. The molecule has 1 amide bonds. The number of likely N-dealkylation sites (tertiary alicyclic amines) is 2. The summed E-state index contributed by atoms with van der Waals surface area (Å²) in [5.41, 5.74) is 5.78. The zero-order valence-corrected chi connectivity index (χ0v) is 8.78. The molecule has 0 aliphatic carbocycles. The summed E-state index contributed by atoms with van der Waals surface area (Å²) in [6.07, 6.45) is 1.98. The fourth-order valence-corrected chi connectivity index (χ4v) is 2.38. The molecule has 4 nitrogen and oxygen atoms in total. The average Bonchev–Trinajstić information content (AvgIpc) is 2.73. The molecule has 0 bridgehead atoms. The molecular formula is C10H19N3O. The maximum atomic E-state index is 12.0. The summed E-state index contributed by atoms with van der Waals surface area (Å²) in [7, 11) is 2.07. The van der Waals surface area contributed by atoms with Crippen LogP contribution in [0.4, 0.5) is 0 Å². The van der Waals surface area contributed by atoms with Crippen molar-refractivity contribution in [2.75, 3.05) is 33.2 Å². The summed E-state index contributed by atoms with van der Waals surface area (Å²) in [5, 5.41) is 0. The van der Waals surface area contributed by atoms with Gasteiger partial charge in [-0.05, 0) is 26.4 Å². The zero-order chi connectivity index (χ0) is 10.1. The van der Waals surface area contributed by atoms with E-state index in [1.54, 1.807) is 0 Å². The van der Waals surface area contributed by atoms with Crippen LogP contribution in [0.2, 0.25) is 0 Å². The molecule has 2 aliphatic heterocycles. The molecule has 0 aromatic carbocycles. The smallest absolute Gasteiger partial charge is 0.227 e. The number of nitrogens with zero attached hydrogens (tertiary/aromatic N) is 2. The molecule has 80 valence electrons. The van der Waals surface area contributed by atoms with Crippen LogP contribution in [-0.2, 0) is 4.79 Å². The summed E-state index contributed by atoms with van der Waals surface area (Å²) in [5.74, 6) is 0.549. The molecule has 2 heterocycles. The van der Waals surface area contributed by atoms with Crippen molar-refractivity contribution in [2.24, 2.45) is 11.7 Å². The highest BCUT2D eigenvalue weighted by Gasteiger charge is 2.32. The highest BCUT2D eigenvalue weighted by molar-refractivity contribution is 5.79. The quantitative estimate of drug-likeness (QED) is 0.616. The van der Waals surface area contributed by atoms with Gasteiger partial charge in [-0.25, -0.2) is 0 Å². The zero-order valence-electron chi connectivity index (χ0n) is 8.78. The Bertz CT molecular complexity index is 209. The van der Waals surface area contributed by atoms with Crippen molar-refractivity contribution in [2.45, 2.75) is 18.9 Å². The van der Waals surface area contributed by atoms with Crippen molar-refractivity contribution in [3.8, 4) is 0 Å². The maximum absolute atomic E-state index is 12.0. The number of hydrogen-bond acceptors (Lipinski definition) is 3. The highest BCUT2D eigenvalue weighted by Crippen LogP contribution is 2.19. The van der Waals surface area contributed by atoms with Crippen molar-refractivity contribution in [1.29, 1.82) is 0 Å². The van der Waals surface area contributed by atoms with Crippen LogP contribution in [0.15, 0.2) is 0 Å². The monoisotopic (exact) mass is 197 g/mol. The van der Waals surface area contributed by atoms with Gasteiger partial charge in [-0.2, -0.15) is 0 Å². The van der Waals surface area contributed by atoms with Gasteiger partial charge in [0.15, 0.2) is 0 Å². The van der Waals surface area contributed by atoms with Crippen LogP contribution in [0.1, 0.15) is 12.8 Å². The van der Waals surface area contributed by atoms with Crippen molar-refractivity contribution >= 4 is 5.91 Å². The minimum absolute atomic E-state index is 0.207. The lowest BCUT2D eigenvalue weighted by Crippen LogP contribution is -2.37. The first kappa shape index (κ1) is 9.93. The Hall–Kier alpha value is -0.610. The van der Waals surface area contributed by atoms with E-state index in [0.717, 1.165) is 39.0 Å². The van der Waals surface area contributed by atoms with Crippen LogP contribution in [-0.4, -0.2) is 55.0 Å². The fourth-order valence-electron chi connectivity index (χ4n) is 2.38. The Balaban J connectivity index is 1.89. The Kier molecular flexibility index (Phi) is 2.74. The van der Waals surface area contributed by atoms with Gasteiger partial charge in [0.25, 0.3) is 0 Å². The molecule has 0 unspecified atom stereocenters. The number of nitrogens with two attached hydrogens (primary N) is 1. The summed E-state index contributed by atoms with van der Waals surface area (Å²) in [6, 6.07) is 0.207. The van der Waals surface area contributed by atoms with Gasteiger partial charge in [0.1, 0.15) is 0 Å². The fraction of sp³-hybridized carbons (Fsp3) is 0.900. The van der Waals surface area contributed by atoms with E-state index in [1.165, 1.54) is 0 Å². The molecule has 2 aliphatic rings. The lowest BCUT2D eigenvalue weighted by molar-refractivity contribution is -0.134. The predicted molar refractivity (Wildman–Crippen MR) is 54.8 cm³/mol. The molecule has 0 aromatic rings. The van der Waals surface area contributed by atoms with Crippen LogP contribution in [0, 0.1) is 5.92 Å². The molecule has 2 N–H and O–H groups in total. The SMILES string of the molecule is CN1CC[C@@H](C(=O)N2CC[C@@H](N)C2)C1. The van der Waals surface area contributed by atoms with Gasteiger partial charge in [-0.15, -0.1) is 0 Å². The van der Waals surface area contributed by atoms with Crippen molar-refractivity contribution in [3.05, 3.63) is 0 Å². The van der Waals surface area contributed by atoms with E-state index in [1.807, 2.05) is 4.90 Å². The molecule has 0 spiro atoms. The summed E-state index contributed by atoms with van der Waals surface area (Å²) >= 11 is 0. The van der Waals surface area contributed by atoms with E-state index in [2.05, 4.69) is 11.9 Å². The van der Waals surface area contributed by atoms with E-state index in [4.69, 9.17) is 5.73 Å². The van der Waals surface area contributed by atoms with Gasteiger partial charge in [0.05, 0.1) is 5.92 Å². The van der Waals surface area contributed by atoms with E-state index < -0.39 is 0 Å². The van der Waals surface area contributed by atoms with E-state index in [9.17, 15) is 4.79 Å². The standard InChI is InChI=1S/C10H19N3O/c1-12-4-2-8(6-12)10(14)13-5-3-9(11)7-13/h8-9H,2-7,11H2,1H3/t8-,9-/m1/s1. The summed E-state index contributed by atoms with van der Waals surface area (Å²) < 4.78 is 0. The molecule has 2 fully saturated rings. The first-order valence-corrected chi connectivity index (χ1v) is 5.39. The second-order valence-corrected chi connectivity index (χ2v) is 4.58.